The van der Waals surface area contributed by atoms with E-state index >= 15 is 0 Å². The summed E-state index contributed by atoms with van der Waals surface area (Å²) in [4.78, 5) is 25.2. The van der Waals surface area contributed by atoms with Gasteiger partial charge in [-0.3, -0.25) is 4.79 Å². The number of pyridine rings is 1. The van der Waals surface area contributed by atoms with Crippen LogP contribution in [-0.4, -0.2) is 16.1 Å². The molecular formula is C12H7NO4. The second kappa shape index (κ2) is 3.21. The van der Waals surface area contributed by atoms with Gasteiger partial charge in [0.25, 0.3) is 0 Å². The van der Waals surface area contributed by atoms with Gasteiger partial charge in [-0.05, 0) is 12.1 Å². The molecular weight excluding hydrogens is 222 g/mol. The summed E-state index contributed by atoms with van der Waals surface area (Å²) in [6.45, 7) is 0. The highest BCUT2D eigenvalue weighted by atomic mass is 16.4. The Labute approximate surface area is 94.3 Å². The summed E-state index contributed by atoms with van der Waals surface area (Å²) >= 11 is 0. The predicted octanol–water partition coefficient (Wildman–Crippen LogP) is 1.97. The summed E-state index contributed by atoms with van der Waals surface area (Å²) in [7, 11) is 0. The summed E-state index contributed by atoms with van der Waals surface area (Å²) in [6, 6.07) is 8.09. The lowest BCUT2D eigenvalue weighted by Crippen LogP contribution is -2.08. The minimum atomic E-state index is -1.17. The normalized spacial score (nSPS) is 11.1. The molecule has 0 aliphatic rings. The lowest BCUT2D eigenvalue weighted by atomic mass is 10.2. The molecule has 2 aromatic heterocycles. The fraction of sp³-hybridized carbons (Fsp3) is 0. The number of furan rings is 1. The Balaban J connectivity index is 2.55. The minimum Gasteiger partial charge on any atom is -0.477 e. The molecule has 0 unspecified atom stereocenters. The Bertz CT molecular complexity index is 797. The third kappa shape index (κ3) is 1.32. The predicted molar refractivity (Wildman–Crippen MR) is 61.3 cm³/mol. The first kappa shape index (κ1) is 9.65. The van der Waals surface area contributed by atoms with Gasteiger partial charge in [-0.2, -0.15) is 0 Å². The Morgan fingerprint density at radius 2 is 2.06 bits per heavy atom. The number of carbonyl (C=O) groups is 1. The zero-order valence-electron chi connectivity index (χ0n) is 8.56. The molecule has 0 atom stereocenters. The maximum Gasteiger partial charge on any atom is 0.352 e. The van der Waals surface area contributed by atoms with Gasteiger partial charge in [0, 0.05) is 11.5 Å². The van der Waals surface area contributed by atoms with Crippen LogP contribution in [0.2, 0.25) is 0 Å². The summed E-state index contributed by atoms with van der Waals surface area (Å²) in [5, 5.41) is 9.57. The van der Waals surface area contributed by atoms with Gasteiger partial charge in [0.2, 0.25) is 5.43 Å². The Kier molecular flexibility index (Phi) is 1.82. The Morgan fingerprint density at radius 1 is 1.29 bits per heavy atom. The van der Waals surface area contributed by atoms with Gasteiger partial charge in [0.15, 0.2) is 5.58 Å². The number of nitrogens with one attached hydrogen (secondary N) is 1. The maximum absolute atomic E-state index is 11.7. The second-order valence-corrected chi connectivity index (χ2v) is 3.65. The van der Waals surface area contributed by atoms with Gasteiger partial charge in [0.1, 0.15) is 11.3 Å². The SMILES string of the molecule is O=C(O)c1cc(=O)c2oc3ccccc3c2[nH]1. The molecule has 2 N–H and O–H groups in total. The number of aromatic amines is 1. The van der Waals surface area contributed by atoms with E-state index in [0.717, 1.165) is 6.07 Å². The van der Waals surface area contributed by atoms with Crippen molar-refractivity contribution in [2.24, 2.45) is 0 Å². The summed E-state index contributed by atoms with van der Waals surface area (Å²) in [5.74, 6) is -1.17. The summed E-state index contributed by atoms with van der Waals surface area (Å²) in [6.07, 6.45) is 0. The highest BCUT2D eigenvalue weighted by molar-refractivity contribution is 6.03. The van der Waals surface area contributed by atoms with Crippen molar-refractivity contribution in [1.29, 1.82) is 0 Å². The van der Waals surface area contributed by atoms with Crippen LogP contribution in [0.4, 0.5) is 0 Å². The number of benzene rings is 1. The molecule has 0 spiro atoms. The first-order chi connectivity index (χ1) is 8.16. The van der Waals surface area contributed by atoms with Crippen molar-refractivity contribution in [2.75, 3.05) is 0 Å². The molecule has 3 aromatic rings. The Hall–Kier alpha value is -2.56. The second-order valence-electron chi connectivity index (χ2n) is 3.65. The fourth-order valence-electron chi connectivity index (χ4n) is 1.83. The van der Waals surface area contributed by atoms with Crippen LogP contribution in [0.3, 0.4) is 0 Å². The smallest absolute Gasteiger partial charge is 0.352 e. The maximum atomic E-state index is 11.7. The van der Waals surface area contributed by atoms with E-state index in [4.69, 9.17) is 9.52 Å². The van der Waals surface area contributed by atoms with Crippen LogP contribution in [0, 0.1) is 0 Å². The molecule has 5 nitrogen and oxygen atoms in total. The number of hydrogen-bond acceptors (Lipinski definition) is 3. The van der Waals surface area contributed by atoms with Gasteiger partial charge in [-0.25, -0.2) is 4.79 Å². The molecule has 0 bridgehead atoms. The van der Waals surface area contributed by atoms with Gasteiger partial charge < -0.3 is 14.5 Å². The number of fused-ring (bicyclic) bond motifs is 3. The monoisotopic (exact) mass is 229 g/mol. The number of aromatic carboxylic acids is 1. The zero-order valence-corrected chi connectivity index (χ0v) is 8.56. The lowest BCUT2D eigenvalue weighted by Gasteiger charge is -1.94. The van der Waals surface area contributed by atoms with E-state index in [0.29, 0.717) is 16.5 Å². The first-order valence-corrected chi connectivity index (χ1v) is 4.94. The Morgan fingerprint density at radius 3 is 2.82 bits per heavy atom. The van der Waals surface area contributed by atoms with E-state index in [2.05, 4.69) is 4.98 Å². The van der Waals surface area contributed by atoms with Crippen molar-refractivity contribution in [3.8, 4) is 0 Å². The molecule has 17 heavy (non-hydrogen) atoms. The highest BCUT2D eigenvalue weighted by Crippen LogP contribution is 2.24. The van der Waals surface area contributed by atoms with E-state index in [1.165, 1.54) is 0 Å². The minimum absolute atomic E-state index is 0.144. The van der Waals surface area contributed by atoms with Crippen molar-refractivity contribution in [3.63, 3.8) is 0 Å². The zero-order chi connectivity index (χ0) is 12.0. The lowest BCUT2D eigenvalue weighted by molar-refractivity contribution is 0.0691. The van der Waals surface area contributed by atoms with Crippen molar-refractivity contribution >= 4 is 28.0 Å². The van der Waals surface area contributed by atoms with Gasteiger partial charge >= 0.3 is 5.97 Å². The van der Waals surface area contributed by atoms with Crippen LogP contribution in [0.25, 0.3) is 22.1 Å². The standard InChI is InChI=1S/C12H7NO4/c14-8-5-7(12(15)16)13-10-6-3-1-2-4-9(6)17-11(8)10/h1-5H,(H,13,14)(H,15,16). The van der Waals surface area contributed by atoms with Crippen LogP contribution in [0.15, 0.2) is 39.5 Å². The van der Waals surface area contributed by atoms with Crippen LogP contribution in [0.1, 0.15) is 10.5 Å². The third-order valence-electron chi connectivity index (χ3n) is 2.58. The van der Waals surface area contributed by atoms with Gasteiger partial charge in [-0.1, -0.05) is 12.1 Å². The number of carboxylic acids is 1. The molecule has 84 valence electrons. The number of H-pyrrole nitrogens is 1. The van der Waals surface area contributed by atoms with Crippen molar-refractivity contribution < 1.29 is 14.3 Å². The summed E-state index contributed by atoms with van der Waals surface area (Å²) in [5.41, 5.74) is 0.543. The molecule has 0 aliphatic carbocycles. The number of rotatable bonds is 1. The van der Waals surface area contributed by atoms with E-state index in [1.54, 1.807) is 24.3 Å². The number of carboxylic acid groups (broad SMARTS) is 1. The molecule has 1 aromatic carbocycles. The van der Waals surface area contributed by atoms with Crippen LogP contribution >= 0.6 is 0 Å². The molecule has 2 heterocycles. The van der Waals surface area contributed by atoms with Crippen molar-refractivity contribution in [2.45, 2.75) is 0 Å². The quantitative estimate of drug-likeness (QED) is 0.668. The number of para-hydroxylation sites is 1. The number of aromatic nitrogens is 1. The first-order valence-electron chi connectivity index (χ1n) is 4.94. The molecule has 0 radical (unpaired) electrons. The average molecular weight is 229 g/mol. The molecule has 0 amide bonds. The van der Waals surface area contributed by atoms with Crippen molar-refractivity contribution in [1.82, 2.24) is 4.98 Å². The van der Waals surface area contributed by atoms with E-state index < -0.39 is 11.4 Å². The molecule has 5 heteroatoms. The average Bonchev–Trinajstić information content (AvgIpc) is 2.68. The molecule has 0 saturated heterocycles. The fourth-order valence-corrected chi connectivity index (χ4v) is 1.83. The summed E-state index contributed by atoms with van der Waals surface area (Å²) < 4.78 is 5.38. The van der Waals surface area contributed by atoms with Crippen molar-refractivity contribution in [3.05, 3.63) is 46.2 Å². The van der Waals surface area contributed by atoms with Gasteiger partial charge in [0.05, 0.1) is 5.52 Å². The van der Waals surface area contributed by atoms with E-state index in [-0.39, 0.29) is 11.3 Å². The van der Waals surface area contributed by atoms with E-state index in [1.807, 2.05) is 0 Å². The van der Waals surface area contributed by atoms with Gasteiger partial charge in [-0.15, -0.1) is 0 Å². The van der Waals surface area contributed by atoms with Crippen LogP contribution < -0.4 is 5.43 Å². The highest BCUT2D eigenvalue weighted by Gasteiger charge is 2.13. The topological polar surface area (TPSA) is 83.3 Å². The molecule has 0 aliphatic heterocycles. The largest absolute Gasteiger partial charge is 0.477 e. The third-order valence-corrected chi connectivity index (χ3v) is 2.58. The van der Waals surface area contributed by atoms with Crippen LogP contribution in [0.5, 0.6) is 0 Å². The van der Waals surface area contributed by atoms with Crippen LogP contribution in [-0.2, 0) is 0 Å². The molecule has 0 saturated carbocycles. The van der Waals surface area contributed by atoms with E-state index in [9.17, 15) is 9.59 Å². The molecule has 3 rings (SSSR count). The molecule has 0 fully saturated rings. The number of hydrogen-bond donors (Lipinski definition) is 2.